The number of rotatable bonds is 3. The van der Waals surface area contributed by atoms with E-state index in [0.29, 0.717) is 5.94 Å². The zero-order valence-corrected chi connectivity index (χ0v) is 10.2. The van der Waals surface area contributed by atoms with Crippen LogP contribution in [-0.4, -0.2) is 25.5 Å². The third kappa shape index (κ3) is 4.95. The van der Waals surface area contributed by atoms with E-state index in [4.69, 9.17) is 4.74 Å². The monoisotopic (exact) mass is 248 g/mol. The molecule has 0 heterocycles. The van der Waals surface area contributed by atoms with Gasteiger partial charge in [0, 0.05) is 0 Å². The molecule has 1 aromatic rings. The maximum absolute atomic E-state index is 10.7. The highest BCUT2D eigenvalue weighted by Gasteiger charge is 2.17. The Kier molecular flexibility index (Phi) is 6.99. The van der Waals surface area contributed by atoms with Crippen molar-refractivity contribution >= 4 is 17.1 Å². The Balaban J connectivity index is 0.00000196. The molecule has 0 fully saturated rings. The summed E-state index contributed by atoms with van der Waals surface area (Å²) >= 11 is 0. The Morgan fingerprint density at radius 1 is 1.33 bits per heavy atom. The van der Waals surface area contributed by atoms with Crippen LogP contribution in [0, 0.1) is 0 Å². The van der Waals surface area contributed by atoms with Crippen LogP contribution in [0.2, 0.25) is 0 Å². The van der Waals surface area contributed by atoms with E-state index >= 15 is 0 Å². The van der Waals surface area contributed by atoms with E-state index in [1.807, 2.05) is 36.6 Å². The molecule has 0 radical (unpaired) electrons. The van der Waals surface area contributed by atoms with Crippen molar-refractivity contribution < 1.29 is 26.7 Å². The van der Waals surface area contributed by atoms with Crippen LogP contribution < -0.4 is 12.4 Å². The molecule has 0 aliphatic carbocycles. The number of hydrogen-bond acceptors (Lipinski definition) is 3. The van der Waals surface area contributed by atoms with Crippen LogP contribution in [-0.2, 0) is 20.4 Å². The van der Waals surface area contributed by atoms with E-state index in [1.54, 1.807) is 0 Å². The average molecular weight is 249 g/mol. The van der Waals surface area contributed by atoms with Crippen molar-refractivity contribution in [1.29, 1.82) is 0 Å². The van der Waals surface area contributed by atoms with E-state index in [9.17, 15) is 4.79 Å². The minimum Gasteiger partial charge on any atom is -1.00 e. The number of hydrogen-bond donors (Lipinski definition) is 0. The van der Waals surface area contributed by atoms with Crippen LogP contribution in [0.1, 0.15) is 0 Å². The predicted octanol–water partition coefficient (Wildman–Crippen LogP) is -0.962. The summed E-state index contributed by atoms with van der Waals surface area (Å²) in [5.41, 5.74) is 0. The normalized spacial score (nSPS) is 11.1. The second-order valence-corrected chi connectivity index (χ2v) is 4.65. The molecule has 1 unspecified atom stereocenters. The van der Waals surface area contributed by atoms with Gasteiger partial charge in [0.2, 0.25) is 0 Å². The first-order chi connectivity index (χ1) is 6.74. The molecule has 0 aromatic heterocycles. The number of ether oxygens (including phenoxy) is 2. The molecule has 0 N–H and O–H groups in total. The summed E-state index contributed by atoms with van der Waals surface area (Å²) in [5, 5.41) is 0. The predicted molar refractivity (Wildman–Crippen MR) is 56.4 cm³/mol. The average Bonchev–Trinajstić information content (AvgIpc) is 2.26. The maximum Gasteiger partial charge on any atom is 0.511 e. The van der Waals surface area contributed by atoms with Gasteiger partial charge in [-0.25, -0.2) is 4.79 Å². The van der Waals surface area contributed by atoms with Crippen molar-refractivity contribution in [3.05, 3.63) is 30.3 Å². The lowest BCUT2D eigenvalue weighted by Gasteiger charge is -2.02. The molecule has 3 nitrogen and oxygen atoms in total. The summed E-state index contributed by atoms with van der Waals surface area (Å²) in [6, 6.07) is 9.93. The van der Waals surface area contributed by atoms with Crippen molar-refractivity contribution in [2.45, 2.75) is 4.90 Å². The third-order valence-corrected chi connectivity index (χ3v) is 3.21. The highest BCUT2D eigenvalue weighted by atomic mass is 35.5. The fraction of sp³-hybridized carbons (Fsp3) is 0.300. The van der Waals surface area contributed by atoms with E-state index in [0.717, 1.165) is 0 Å². The summed E-state index contributed by atoms with van der Waals surface area (Å²) < 4.78 is 9.24. The lowest BCUT2D eigenvalue weighted by Crippen LogP contribution is -3.00. The molecule has 1 atom stereocenters. The summed E-state index contributed by atoms with van der Waals surface area (Å²) in [4.78, 5) is 11.9. The Morgan fingerprint density at radius 3 is 2.47 bits per heavy atom. The van der Waals surface area contributed by atoms with Gasteiger partial charge in [0.1, 0.15) is 6.26 Å². The summed E-state index contributed by atoms with van der Waals surface area (Å²) in [5.74, 6) is 0.372. The first kappa shape index (κ1) is 14.1. The third-order valence-electron chi connectivity index (χ3n) is 1.67. The van der Waals surface area contributed by atoms with Crippen LogP contribution in [0.5, 0.6) is 0 Å². The van der Waals surface area contributed by atoms with E-state index in [2.05, 4.69) is 4.74 Å². The van der Waals surface area contributed by atoms with E-state index < -0.39 is 6.16 Å². The van der Waals surface area contributed by atoms with Crippen molar-refractivity contribution in [3.63, 3.8) is 0 Å². The van der Waals surface area contributed by atoms with Crippen molar-refractivity contribution in [1.82, 2.24) is 0 Å². The van der Waals surface area contributed by atoms with Crippen LogP contribution in [0.15, 0.2) is 35.2 Å². The van der Waals surface area contributed by atoms with Gasteiger partial charge in [0.25, 0.3) is 5.94 Å². The lowest BCUT2D eigenvalue weighted by molar-refractivity contribution is -0.0000133. The van der Waals surface area contributed by atoms with Crippen LogP contribution in [0.4, 0.5) is 4.79 Å². The molecule has 15 heavy (non-hydrogen) atoms. The van der Waals surface area contributed by atoms with Gasteiger partial charge in [-0.3, -0.25) is 0 Å². The fourth-order valence-electron chi connectivity index (χ4n) is 0.916. The highest BCUT2D eigenvalue weighted by Crippen LogP contribution is 2.10. The van der Waals surface area contributed by atoms with Crippen molar-refractivity contribution in [3.8, 4) is 0 Å². The number of benzene rings is 1. The lowest BCUT2D eigenvalue weighted by atomic mass is 10.4. The molecule has 0 saturated heterocycles. The second kappa shape index (κ2) is 7.43. The zero-order chi connectivity index (χ0) is 10.4. The number of carbonyl (C=O) groups excluding carboxylic acids is 1. The minimum atomic E-state index is -0.625. The second-order valence-electron chi connectivity index (χ2n) is 2.67. The Labute approximate surface area is 98.5 Å². The van der Waals surface area contributed by atoms with Gasteiger partial charge < -0.3 is 21.9 Å². The molecule has 0 aliphatic rings. The van der Waals surface area contributed by atoms with Crippen LogP contribution in [0.3, 0.4) is 0 Å². The molecule has 84 valence electrons. The van der Waals surface area contributed by atoms with Gasteiger partial charge >= 0.3 is 6.16 Å². The topological polar surface area (TPSA) is 35.5 Å². The fourth-order valence-corrected chi connectivity index (χ4v) is 1.95. The maximum atomic E-state index is 10.7. The van der Waals surface area contributed by atoms with E-state index in [-0.39, 0.29) is 23.3 Å². The first-order valence-corrected chi connectivity index (χ1v) is 5.92. The molecule has 5 heteroatoms. The van der Waals surface area contributed by atoms with Gasteiger partial charge in [-0.05, 0) is 12.1 Å². The molecule has 1 aromatic carbocycles. The largest absolute Gasteiger partial charge is 1.00 e. The quantitative estimate of drug-likeness (QED) is 0.511. The van der Waals surface area contributed by atoms with Crippen molar-refractivity contribution in [2.24, 2.45) is 0 Å². The standard InChI is InChI=1S/C10H13O3S.ClH/c1-12-10(11)13-8-14(2)9-6-4-3-5-7-9;/h3-7H,8H2,1-2H3;1H/q+1;/p-1. The summed E-state index contributed by atoms with van der Waals surface area (Å²) in [6.45, 7) is 0. The molecule has 0 amide bonds. The highest BCUT2D eigenvalue weighted by molar-refractivity contribution is 7.96. The first-order valence-electron chi connectivity index (χ1n) is 4.12. The molecular formula is C10H13ClO3S. The van der Waals surface area contributed by atoms with Gasteiger partial charge in [-0.1, -0.05) is 18.2 Å². The molecule has 0 saturated carbocycles. The Hall–Kier alpha value is -0.870. The number of halogens is 1. The van der Waals surface area contributed by atoms with Crippen LogP contribution in [0.25, 0.3) is 0 Å². The Morgan fingerprint density at radius 2 is 1.93 bits per heavy atom. The van der Waals surface area contributed by atoms with Gasteiger partial charge in [0.15, 0.2) is 4.90 Å². The zero-order valence-electron chi connectivity index (χ0n) is 8.60. The van der Waals surface area contributed by atoms with Crippen LogP contribution >= 0.6 is 0 Å². The number of carbonyl (C=O) groups is 1. The molecule has 1 rings (SSSR count). The molecule has 0 aliphatic heterocycles. The Bertz CT molecular complexity index is 292. The smallest absolute Gasteiger partial charge is 0.511 e. The van der Waals surface area contributed by atoms with Crippen molar-refractivity contribution in [2.75, 3.05) is 19.3 Å². The molecule has 0 spiro atoms. The number of methoxy groups -OCH3 is 1. The minimum absolute atomic E-state index is 0. The SMILES string of the molecule is COC(=O)OC[S+](C)c1ccccc1.[Cl-]. The molecular weight excluding hydrogens is 236 g/mol. The van der Waals surface area contributed by atoms with Gasteiger partial charge in [-0.15, -0.1) is 0 Å². The van der Waals surface area contributed by atoms with E-state index in [1.165, 1.54) is 12.0 Å². The van der Waals surface area contributed by atoms with Gasteiger partial charge in [0.05, 0.1) is 18.0 Å². The van der Waals surface area contributed by atoms with Gasteiger partial charge in [-0.2, -0.15) is 0 Å². The summed E-state index contributed by atoms with van der Waals surface area (Å²) in [6.07, 6.45) is 1.40. The molecule has 0 bridgehead atoms. The summed E-state index contributed by atoms with van der Waals surface area (Å²) in [7, 11) is 1.23.